The maximum atomic E-state index is 12.1. The summed E-state index contributed by atoms with van der Waals surface area (Å²) in [6.45, 7) is 0. The Hall–Kier alpha value is -3.18. The molecule has 2 heterocycles. The third-order valence-corrected chi connectivity index (χ3v) is 3.77. The minimum atomic E-state index is -0.360. The maximum Gasteiger partial charge on any atom is 0.265 e. The number of benzene rings is 2. The van der Waals surface area contributed by atoms with E-state index in [0.717, 1.165) is 16.4 Å². The number of furan rings is 1. The molecule has 0 unspecified atom stereocenters. The van der Waals surface area contributed by atoms with Crippen molar-refractivity contribution in [2.45, 2.75) is 0 Å². The number of aromatic nitrogens is 1. The smallest absolute Gasteiger partial charge is 0.265 e. The predicted octanol–water partition coefficient (Wildman–Crippen LogP) is 3.25. The van der Waals surface area contributed by atoms with Crippen LogP contribution in [0.3, 0.4) is 0 Å². The molecule has 4 rings (SSSR count). The Kier molecular flexibility index (Phi) is 3.06. The molecule has 23 heavy (non-hydrogen) atoms. The number of hydrazine groups is 1. The van der Waals surface area contributed by atoms with Crippen LogP contribution >= 0.6 is 0 Å². The van der Waals surface area contributed by atoms with Crippen molar-refractivity contribution in [2.75, 3.05) is 0 Å². The second-order valence-corrected chi connectivity index (χ2v) is 5.19. The largest absolute Gasteiger partial charge is 0.454 e. The number of hydrogen-bond acceptors (Lipinski definition) is 4. The van der Waals surface area contributed by atoms with Gasteiger partial charge in [-0.15, -0.1) is 0 Å². The summed E-state index contributed by atoms with van der Waals surface area (Å²) in [5.74, 6) is 5.56. The van der Waals surface area contributed by atoms with E-state index < -0.39 is 0 Å². The van der Waals surface area contributed by atoms with Gasteiger partial charge in [0, 0.05) is 10.8 Å². The van der Waals surface area contributed by atoms with E-state index in [1.807, 2.05) is 54.6 Å². The molecule has 5 heteroatoms. The average molecular weight is 303 g/mol. The van der Waals surface area contributed by atoms with Gasteiger partial charge in [0.25, 0.3) is 5.91 Å². The number of pyridine rings is 1. The van der Waals surface area contributed by atoms with Crippen LogP contribution in [0.4, 0.5) is 0 Å². The number of carbonyl (C=O) groups is 1. The van der Waals surface area contributed by atoms with Crippen LogP contribution in [0, 0.1) is 0 Å². The summed E-state index contributed by atoms with van der Waals surface area (Å²) < 4.78 is 5.85. The Labute approximate surface area is 131 Å². The molecule has 0 aliphatic carbocycles. The number of nitrogens with zero attached hydrogens (tertiary/aromatic N) is 1. The zero-order chi connectivity index (χ0) is 15.8. The molecule has 112 valence electrons. The summed E-state index contributed by atoms with van der Waals surface area (Å²) >= 11 is 0. The van der Waals surface area contributed by atoms with E-state index in [4.69, 9.17) is 10.3 Å². The van der Waals surface area contributed by atoms with E-state index in [2.05, 4.69) is 10.4 Å². The molecule has 0 fully saturated rings. The fourth-order valence-corrected chi connectivity index (χ4v) is 2.68. The first kappa shape index (κ1) is 13.5. The maximum absolute atomic E-state index is 12.1. The highest BCUT2D eigenvalue weighted by Gasteiger charge is 2.15. The van der Waals surface area contributed by atoms with E-state index in [1.165, 1.54) is 0 Å². The first-order valence-electron chi connectivity index (χ1n) is 7.16. The summed E-state index contributed by atoms with van der Waals surface area (Å²) in [6.07, 6.45) is 0. The van der Waals surface area contributed by atoms with Crippen LogP contribution in [0.1, 0.15) is 10.4 Å². The minimum absolute atomic E-state index is 0.360. The van der Waals surface area contributed by atoms with E-state index in [1.54, 1.807) is 6.07 Å². The van der Waals surface area contributed by atoms with Crippen LogP contribution in [-0.2, 0) is 0 Å². The third-order valence-electron chi connectivity index (χ3n) is 3.77. The van der Waals surface area contributed by atoms with Crippen molar-refractivity contribution in [2.24, 2.45) is 5.84 Å². The lowest BCUT2D eigenvalue weighted by Crippen LogP contribution is -2.30. The van der Waals surface area contributed by atoms with Gasteiger partial charge in [-0.25, -0.2) is 10.8 Å². The molecule has 0 bridgehead atoms. The molecule has 3 N–H and O–H groups in total. The Morgan fingerprint density at radius 3 is 2.65 bits per heavy atom. The quantitative estimate of drug-likeness (QED) is 0.338. The van der Waals surface area contributed by atoms with Gasteiger partial charge in [-0.1, -0.05) is 36.4 Å². The van der Waals surface area contributed by atoms with Crippen molar-refractivity contribution in [3.05, 3.63) is 66.2 Å². The van der Waals surface area contributed by atoms with E-state index >= 15 is 0 Å². The fraction of sp³-hybridized carbons (Fsp3) is 0. The first-order chi connectivity index (χ1) is 11.3. The van der Waals surface area contributed by atoms with Crippen LogP contribution in [0.15, 0.2) is 65.1 Å². The molecule has 0 aliphatic rings. The number of amides is 1. The lowest BCUT2D eigenvalue weighted by molar-refractivity contribution is 0.0955. The van der Waals surface area contributed by atoms with E-state index in [0.29, 0.717) is 22.5 Å². The minimum Gasteiger partial charge on any atom is -0.454 e. The second-order valence-electron chi connectivity index (χ2n) is 5.19. The van der Waals surface area contributed by atoms with Gasteiger partial charge in [0.05, 0.1) is 11.1 Å². The number of fused-ring (bicyclic) bond motifs is 2. The van der Waals surface area contributed by atoms with Gasteiger partial charge in [0.15, 0.2) is 5.76 Å². The molecule has 0 saturated heterocycles. The van der Waals surface area contributed by atoms with Crippen LogP contribution < -0.4 is 11.3 Å². The topological polar surface area (TPSA) is 81.1 Å². The molecule has 2 aromatic carbocycles. The fourth-order valence-electron chi connectivity index (χ4n) is 2.68. The van der Waals surface area contributed by atoms with Gasteiger partial charge in [0.1, 0.15) is 11.3 Å². The molecule has 2 aromatic heterocycles. The monoisotopic (exact) mass is 303 g/mol. The molecular formula is C18H13N3O2. The lowest BCUT2D eigenvalue weighted by atomic mass is 10.1. The number of hydrogen-bond donors (Lipinski definition) is 2. The van der Waals surface area contributed by atoms with Crippen molar-refractivity contribution >= 4 is 27.8 Å². The molecule has 1 amide bonds. The highest BCUT2D eigenvalue weighted by molar-refractivity contribution is 6.07. The summed E-state index contributed by atoms with van der Waals surface area (Å²) in [6, 6.07) is 18.8. The molecule has 5 nitrogen and oxygen atoms in total. The van der Waals surface area contributed by atoms with Gasteiger partial charge in [-0.3, -0.25) is 10.2 Å². The normalized spacial score (nSPS) is 11.0. The van der Waals surface area contributed by atoms with Gasteiger partial charge >= 0.3 is 0 Å². The Morgan fingerprint density at radius 1 is 1.04 bits per heavy atom. The molecule has 4 aromatic rings. The number of para-hydroxylation sites is 2. The number of rotatable bonds is 2. The van der Waals surface area contributed by atoms with Crippen LogP contribution in [0.5, 0.6) is 0 Å². The van der Waals surface area contributed by atoms with Crippen LogP contribution in [0.25, 0.3) is 33.3 Å². The summed E-state index contributed by atoms with van der Waals surface area (Å²) in [5, 5.41) is 1.73. The number of nitrogens with one attached hydrogen (secondary N) is 1. The van der Waals surface area contributed by atoms with Crippen molar-refractivity contribution in [3.63, 3.8) is 0 Å². The first-order valence-corrected chi connectivity index (χ1v) is 7.16. The Bertz CT molecular complexity index is 1000. The molecule has 0 radical (unpaired) electrons. The standard InChI is InChI=1S/C18H13N3O2/c19-21-18(22)13-10-15(20-14-7-3-2-6-12(13)14)17-9-11-5-1-4-8-16(11)23-17/h1-10H,19H2,(H,21,22). The molecule has 0 aliphatic heterocycles. The zero-order valence-electron chi connectivity index (χ0n) is 12.1. The third kappa shape index (κ3) is 2.23. The van der Waals surface area contributed by atoms with Gasteiger partial charge in [-0.2, -0.15) is 0 Å². The zero-order valence-corrected chi connectivity index (χ0v) is 12.1. The van der Waals surface area contributed by atoms with Crippen molar-refractivity contribution in [1.29, 1.82) is 0 Å². The average Bonchev–Trinajstić information content (AvgIpc) is 3.04. The summed E-state index contributed by atoms with van der Waals surface area (Å²) in [7, 11) is 0. The number of carbonyl (C=O) groups excluding carboxylic acids is 1. The van der Waals surface area contributed by atoms with Crippen molar-refractivity contribution < 1.29 is 9.21 Å². The molecule has 0 saturated carbocycles. The number of nitrogen functional groups attached to an aromatic ring is 1. The van der Waals surface area contributed by atoms with Gasteiger partial charge < -0.3 is 4.42 Å². The van der Waals surface area contributed by atoms with Crippen molar-refractivity contribution in [3.8, 4) is 11.5 Å². The summed E-state index contributed by atoms with van der Waals surface area (Å²) in [5.41, 5.74) is 4.74. The SMILES string of the molecule is NNC(=O)c1cc(-c2cc3ccccc3o2)nc2ccccc12. The second kappa shape index (κ2) is 5.23. The Morgan fingerprint density at radius 2 is 1.83 bits per heavy atom. The predicted molar refractivity (Wildman–Crippen MR) is 88.6 cm³/mol. The van der Waals surface area contributed by atoms with Gasteiger partial charge in [-0.05, 0) is 24.3 Å². The van der Waals surface area contributed by atoms with E-state index in [9.17, 15) is 4.79 Å². The molecular weight excluding hydrogens is 290 g/mol. The van der Waals surface area contributed by atoms with Crippen molar-refractivity contribution in [1.82, 2.24) is 10.4 Å². The number of nitrogens with two attached hydrogens (primary N) is 1. The highest BCUT2D eigenvalue weighted by atomic mass is 16.3. The highest BCUT2D eigenvalue weighted by Crippen LogP contribution is 2.29. The van der Waals surface area contributed by atoms with Crippen LogP contribution in [0.2, 0.25) is 0 Å². The van der Waals surface area contributed by atoms with E-state index in [-0.39, 0.29) is 5.91 Å². The van der Waals surface area contributed by atoms with Crippen LogP contribution in [-0.4, -0.2) is 10.9 Å². The molecule has 0 spiro atoms. The molecule has 0 atom stereocenters. The Balaban J connectivity index is 1.98. The summed E-state index contributed by atoms with van der Waals surface area (Å²) in [4.78, 5) is 16.7. The lowest BCUT2D eigenvalue weighted by Gasteiger charge is -2.07. The van der Waals surface area contributed by atoms with Gasteiger partial charge in [0.2, 0.25) is 0 Å².